The van der Waals surface area contributed by atoms with Crippen molar-refractivity contribution in [2.45, 2.75) is 52.7 Å². The van der Waals surface area contributed by atoms with E-state index in [0.29, 0.717) is 38.1 Å². The highest BCUT2D eigenvalue weighted by Crippen LogP contribution is 2.38. The third-order valence-corrected chi connectivity index (χ3v) is 9.00. The van der Waals surface area contributed by atoms with Gasteiger partial charge in [0.1, 0.15) is 38.1 Å². The Balaban J connectivity index is 0.000000139. The molecule has 46 heavy (non-hydrogen) atoms. The van der Waals surface area contributed by atoms with Gasteiger partial charge in [0.15, 0.2) is 23.0 Å². The monoisotopic (exact) mass is 690 g/mol. The Kier molecular flexibility index (Phi) is 10.00. The fourth-order valence-corrected chi connectivity index (χ4v) is 5.09. The molecule has 0 spiro atoms. The summed E-state index contributed by atoms with van der Waals surface area (Å²) < 4.78 is 34.8. The quantitative estimate of drug-likeness (QED) is 0.245. The van der Waals surface area contributed by atoms with Gasteiger partial charge in [-0.1, -0.05) is 22.0 Å². The number of nitrogen functional groups attached to an aromatic ring is 2. The number of pyridine rings is 2. The standard InChI is InChI=1S/C14H14N2O2.C11H17BN2O2.C9H9BrO2/c1-9-6-12-13(18-5-4-17-12)7-11(9)10-2-3-14(15)16-8-10;1-10(2)11(3,4)16-12(15-10)8-5-6-9(13)14-7-8;1-6-4-8-9(5-7(6)10)12-3-2-11-8/h2-3,6-8H,4-5H2,1H3,(H2,15,16);5-7H,1-4H3,(H2,13,14);4-5H,2-3H2,1H3. The number of rotatable bonds is 2. The zero-order chi connectivity index (χ0) is 33.1. The Morgan fingerprint density at radius 1 is 0.652 bits per heavy atom. The smallest absolute Gasteiger partial charge is 0.486 e. The molecule has 10 nitrogen and oxygen atoms in total. The molecule has 0 atom stereocenters. The maximum absolute atomic E-state index is 5.89. The van der Waals surface area contributed by atoms with Gasteiger partial charge in [0.2, 0.25) is 0 Å². The first-order chi connectivity index (χ1) is 21.8. The average Bonchev–Trinajstić information content (AvgIpc) is 3.25. The summed E-state index contributed by atoms with van der Waals surface area (Å²) >= 11 is 3.44. The fraction of sp³-hybridized carbons (Fsp3) is 0.353. The molecule has 2 aromatic heterocycles. The number of benzene rings is 2. The fourth-order valence-electron chi connectivity index (χ4n) is 4.77. The summed E-state index contributed by atoms with van der Waals surface area (Å²) in [6.07, 6.45) is 3.46. The number of halogens is 1. The third kappa shape index (κ3) is 7.68. The van der Waals surface area contributed by atoms with Gasteiger partial charge in [-0.3, -0.25) is 0 Å². The van der Waals surface area contributed by atoms with Gasteiger partial charge < -0.3 is 39.7 Å². The molecule has 0 radical (unpaired) electrons. The predicted molar refractivity (Wildman–Crippen MR) is 184 cm³/mol. The first-order valence-corrected chi connectivity index (χ1v) is 15.9. The number of fused-ring (bicyclic) bond motifs is 2. The van der Waals surface area contributed by atoms with Crippen LogP contribution in [0.5, 0.6) is 23.0 Å². The number of nitrogens with zero attached hydrogens (tertiary/aromatic N) is 2. The molecule has 4 N–H and O–H groups in total. The molecule has 7 rings (SSSR count). The van der Waals surface area contributed by atoms with Crippen molar-refractivity contribution < 1.29 is 28.3 Å². The highest BCUT2D eigenvalue weighted by molar-refractivity contribution is 9.10. The lowest BCUT2D eigenvalue weighted by Crippen LogP contribution is -2.41. The van der Waals surface area contributed by atoms with E-state index in [1.54, 1.807) is 24.5 Å². The molecular weight excluding hydrogens is 651 g/mol. The van der Waals surface area contributed by atoms with Crippen LogP contribution in [0.25, 0.3) is 11.1 Å². The van der Waals surface area contributed by atoms with Crippen molar-refractivity contribution in [2.75, 3.05) is 37.9 Å². The largest absolute Gasteiger partial charge is 0.496 e. The minimum absolute atomic E-state index is 0.320. The van der Waals surface area contributed by atoms with E-state index in [4.69, 9.17) is 39.7 Å². The van der Waals surface area contributed by atoms with Gasteiger partial charge in [-0.15, -0.1) is 0 Å². The molecule has 0 amide bonds. The molecule has 0 unspecified atom stereocenters. The normalized spacial score (nSPS) is 16.8. The topological polar surface area (TPSA) is 133 Å². The van der Waals surface area contributed by atoms with E-state index in [0.717, 1.165) is 49.6 Å². The maximum Gasteiger partial charge on any atom is 0.496 e. The summed E-state index contributed by atoms with van der Waals surface area (Å²) in [7, 11) is -0.363. The van der Waals surface area contributed by atoms with E-state index in [1.807, 2.05) is 77.9 Å². The van der Waals surface area contributed by atoms with Crippen molar-refractivity contribution in [2.24, 2.45) is 0 Å². The summed E-state index contributed by atoms with van der Waals surface area (Å²) in [5.74, 6) is 4.31. The first-order valence-electron chi connectivity index (χ1n) is 15.1. The third-order valence-electron chi connectivity index (χ3n) is 8.14. The van der Waals surface area contributed by atoms with Crippen molar-refractivity contribution in [3.63, 3.8) is 0 Å². The van der Waals surface area contributed by atoms with E-state index in [2.05, 4.69) is 25.9 Å². The van der Waals surface area contributed by atoms with Gasteiger partial charge in [0, 0.05) is 27.9 Å². The van der Waals surface area contributed by atoms with E-state index >= 15 is 0 Å². The van der Waals surface area contributed by atoms with Gasteiger partial charge in [-0.25, -0.2) is 9.97 Å². The molecule has 0 saturated carbocycles. The van der Waals surface area contributed by atoms with Crippen molar-refractivity contribution in [1.29, 1.82) is 0 Å². The molecule has 0 bridgehead atoms. The average molecular weight is 691 g/mol. The van der Waals surface area contributed by atoms with Crippen LogP contribution < -0.4 is 35.9 Å². The zero-order valence-corrected chi connectivity index (χ0v) is 28.6. The van der Waals surface area contributed by atoms with E-state index < -0.39 is 0 Å². The lowest BCUT2D eigenvalue weighted by atomic mass is 9.80. The van der Waals surface area contributed by atoms with Crippen LogP contribution in [-0.4, -0.2) is 54.7 Å². The predicted octanol–water partition coefficient (Wildman–Crippen LogP) is 5.90. The van der Waals surface area contributed by atoms with Gasteiger partial charge in [0.25, 0.3) is 0 Å². The molecule has 2 aromatic carbocycles. The van der Waals surface area contributed by atoms with Crippen LogP contribution in [-0.2, 0) is 9.31 Å². The highest BCUT2D eigenvalue weighted by atomic mass is 79.9. The number of hydrogen-bond donors (Lipinski definition) is 2. The van der Waals surface area contributed by atoms with E-state index in [-0.39, 0.29) is 18.3 Å². The van der Waals surface area contributed by atoms with Crippen LogP contribution in [0.2, 0.25) is 0 Å². The minimum Gasteiger partial charge on any atom is -0.486 e. The Bertz CT molecular complexity index is 1620. The van der Waals surface area contributed by atoms with E-state index in [1.165, 1.54) is 5.56 Å². The molecule has 3 aliphatic rings. The van der Waals surface area contributed by atoms with Gasteiger partial charge in [-0.2, -0.15) is 0 Å². The van der Waals surface area contributed by atoms with Gasteiger partial charge in [-0.05, 0) is 101 Å². The summed E-state index contributed by atoms with van der Waals surface area (Å²) in [4.78, 5) is 8.15. The molecule has 4 aromatic rings. The second-order valence-corrected chi connectivity index (χ2v) is 13.0. The van der Waals surface area contributed by atoms with Crippen LogP contribution in [0.4, 0.5) is 11.6 Å². The number of aromatic nitrogens is 2. The lowest BCUT2D eigenvalue weighted by Gasteiger charge is -2.32. The van der Waals surface area contributed by atoms with Crippen LogP contribution in [0.15, 0.2) is 65.4 Å². The zero-order valence-electron chi connectivity index (χ0n) is 27.1. The Morgan fingerprint density at radius 3 is 1.63 bits per heavy atom. The molecule has 12 heteroatoms. The Morgan fingerprint density at radius 2 is 1.13 bits per heavy atom. The Labute approximate surface area is 279 Å². The van der Waals surface area contributed by atoms with Crippen molar-refractivity contribution in [3.8, 4) is 34.1 Å². The second-order valence-electron chi connectivity index (χ2n) is 12.1. The highest BCUT2D eigenvalue weighted by Gasteiger charge is 2.51. The van der Waals surface area contributed by atoms with Crippen LogP contribution >= 0.6 is 15.9 Å². The number of nitrogens with two attached hydrogens (primary N) is 2. The maximum atomic E-state index is 5.89. The van der Waals surface area contributed by atoms with E-state index in [9.17, 15) is 0 Å². The van der Waals surface area contributed by atoms with Crippen LogP contribution in [0.3, 0.4) is 0 Å². The number of aryl methyl sites for hydroxylation is 2. The molecule has 0 aliphatic carbocycles. The van der Waals surface area contributed by atoms with Crippen molar-refractivity contribution in [1.82, 2.24) is 9.97 Å². The molecule has 5 heterocycles. The first kappa shape index (κ1) is 33.4. The van der Waals surface area contributed by atoms with Gasteiger partial charge in [0.05, 0.1) is 11.2 Å². The lowest BCUT2D eigenvalue weighted by molar-refractivity contribution is 0.00578. The number of hydrogen-bond acceptors (Lipinski definition) is 10. The minimum atomic E-state index is -0.363. The van der Waals surface area contributed by atoms with Crippen LogP contribution in [0, 0.1) is 13.8 Å². The number of ether oxygens (including phenoxy) is 4. The SMILES string of the molecule is CC1(C)OB(c2ccc(N)nc2)OC1(C)C.Cc1cc2c(cc1-c1ccc(N)nc1)OCCO2.Cc1cc2c(cc1Br)OCCO2. The summed E-state index contributed by atoms with van der Waals surface area (Å²) in [6, 6.07) is 15.3. The van der Waals surface area contributed by atoms with Crippen molar-refractivity contribution >= 4 is 40.1 Å². The molecular formula is C34H40BBrN4O6. The molecule has 3 aliphatic heterocycles. The number of anilines is 2. The molecule has 1 fully saturated rings. The van der Waals surface area contributed by atoms with Crippen LogP contribution in [0.1, 0.15) is 38.8 Å². The molecule has 1 saturated heterocycles. The van der Waals surface area contributed by atoms with Crippen molar-refractivity contribution in [3.05, 3.63) is 76.5 Å². The second kappa shape index (κ2) is 13.8. The molecule has 242 valence electrons. The Hall–Kier alpha value is -4.00. The summed E-state index contributed by atoms with van der Waals surface area (Å²) in [5.41, 5.74) is 15.8. The van der Waals surface area contributed by atoms with Gasteiger partial charge >= 0.3 is 7.12 Å². The summed E-state index contributed by atoms with van der Waals surface area (Å²) in [6.45, 7) is 14.7. The summed E-state index contributed by atoms with van der Waals surface area (Å²) in [5, 5.41) is 0.